The highest BCUT2D eigenvalue weighted by molar-refractivity contribution is 5.28. The predicted octanol–water partition coefficient (Wildman–Crippen LogP) is 3.77. The Balaban J connectivity index is 3.09. The zero-order valence-corrected chi connectivity index (χ0v) is 11.3. The zero-order valence-electron chi connectivity index (χ0n) is 11.3. The molecule has 8 heteroatoms. The van der Waals surface area contributed by atoms with Gasteiger partial charge in [-0.15, -0.1) is 0 Å². The van der Waals surface area contributed by atoms with E-state index in [1.165, 1.54) is 19.2 Å². The Morgan fingerprint density at radius 2 is 1.57 bits per heavy atom. The number of nitrogens with one attached hydrogen (secondary N) is 1. The van der Waals surface area contributed by atoms with Crippen LogP contribution in [0, 0.1) is 6.92 Å². The number of hydrogen-bond acceptors (Lipinski definition) is 2. The van der Waals surface area contributed by atoms with Gasteiger partial charge in [-0.05, 0) is 25.1 Å². The fourth-order valence-corrected chi connectivity index (χ4v) is 1.87. The average Bonchev–Trinajstić information content (AvgIpc) is 2.32. The van der Waals surface area contributed by atoms with E-state index in [1.807, 2.05) is 0 Å². The summed E-state index contributed by atoms with van der Waals surface area (Å²) in [6.07, 6.45) is -16.2. The van der Waals surface area contributed by atoms with Gasteiger partial charge in [0.15, 0.2) is 0 Å². The number of likely N-dealkylation sites (N-methyl/N-ethyl adjacent to an activating group) is 1. The molecule has 0 spiro atoms. The van der Waals surface area contributed by atoms with Crippen LogP contribution in [-0.4, -0.2) is 32.0 Å². The van der Waals surface area contributed by atoms with Gasteiger partial charge in [-0.2, -0.15) is 26.3 Å². The summed E-state index contributed by atoms with van der Waals surface area (Å²) in [5.41, 5.74) is 0.839. The van der Waals surface area contributed by atoms with E-state index in [2.05, 4.69) is 10.1 Å². The third-order valence-corrected chi connectivity index (χ3v) is 2.82. The van der Waals surface area contributed by atoms with Crippen LogP contribution in [0.3, 0.4) is 0 Å². The lowest BCUT2D eigenvalue weighted by molar-refractivity contribution is -0.331. The van der Waals surface area contributed by atoms with Gasteiger partial charge in [0.25, 0.3) is 0 Å². The Hall–Kier alpha value is -1.28. The van der Waals surface area contributed by atoms with Gasteiger partial charge < -0.3 is 10.1 Å². The molecule has 120 valence electrons. The minimum Gasteiger partial charge on any atom is -0.351 e. The standard InChI is InChI=1S/C13H15F6NO/c1-8-5-3-4-6-9(8)10(7-20-2)21-11(12(14,15)16)13(17,18)19/h3-6,10-11,20H,7H2,1-2H3. The second-order valence-corrected chi connectivity index (χ2v) is 4.50. The Morgan fingerprint density at radius 1 is 1.05 bits per heavy atom. The minimum absolute atomic E-state index is 0.173. The van der Waals surface area contributed by atoms with Crippen LogP contribution in [-0.2, 0) is 4.74 Å². The smallest absolute Gasteiger partial charge is 0.351 e. The molecule has 1 N–H and O–H groups in total. The molecule has 0 fully saturated rings. The van der Waals surface area contributed by atoms with Crippen molar-refractivity contribution in [1.29, 1.82) is 0 Å². The summed E-state index contributed by atoms with van der Waals surface area (Å²) in [5, 5.41) is 2.54. The van der Waals surface area contributed by atoms with Gasteiger partial charge in [0.1, 0.15) is 0 Å². The largest absolute Gasteiger partial charge is 0.423 e. The highest BCUT2D eigenvalue weighted by Gasteiger charge is 2.58. The van der Waals surface area contributed by atoms with Crippen molar-refractivity contribution in [3.8, 4) is 0 Å². The first-order valence-corrected chi connectivity index (χ1v) is 6.06. The number of halogens is 6. The maximum Gasteiger partial charge on any atom is 0.423 e. The first-order chi connectivity index (χ1) is 9.57. The molecule has 0 radical (unpaired) electrons. The SMILES string of the molecule is CNCC(OC(C(F)(F)F)C(F)(F)F)c1ccccc1C. The first kappa shape index (κ1) is 17.8. The van der Waals surface area contributed by atoms with Crippen molar-refractivity contribution in [2.75, 3.05) is 13.6 Å². The van der Waals surface area contributed by atoms with Gasteiger partial charge in [0, 0.05) is 6.54 Å². The van der Waals surface area contributed by atoms with Gasteiger partial charge in [0.2, 0.25) is 6.10 Å². The summed E-state index contributed by atoms with van der Waals surface area (Å²) in [4.78, 5) is 0. The Morgan fingerprint density at radius 3 is 2.00 bits per heavy atom. The van der Waals surface area contributed by atoms with Crippen LogP contribution >= 0.6 is 0 Å². The van der Waals surface area contributed by atoms with Crippen molar-refractivity contribution in [3.05, 3.63) is 35.4 Å². The van der Waals surface area contributed by atoms with Crippen LogP contribution in [0.5, 0.6) is 0 Å². The van der Waals surface area contributed by atoms with E-state index in [9.17, 15) is 26.3 Å². The Kier molecular flexibility index (Phi) is 5.63. The van der Waals surface area contributed by atoms with E-state index in [0.717, 1.165) is 0 Å². The number of aryl methyl sites for hydroxylation is 1. The van der Waals surface area contributed by atoms with Gasteiger partial charge in [-0.1, -0.05) is 24.3 Å². The monoisotopic (exact) mass is 315 g/mol. The van der Waals surface area contributed by atoms with Crippen LogP contribution in [0.25, 0.3) is 0 Å². The highest BCUT2D eigenvalue weighted by atomic mass is 19.4. The average molecular weight is 315 g/mol. The summed E-state index contributed by atoms with van der Waals surface area (Å²) in [6.45, 7) is 1.42. The van der Waals surface area contributed by atoms with Gasteiger partial charge in [-0.3, -0.25) is 0 Å². The normalized spacial score (nSPS) is 14.5. The summed E-state index contributed by atoms with van der Waals surface area (Å²) in [7, 11) is 1.42. The molecule has 1 unspecified atom stereocenters. The van der Waals surface area contributed by atoms with Crippen LogP contribution < -0.4 is 5.32 Å². The minimum atomic E-state index is -5.52. The summed E-state index contributed by atoms with van der Waals surface area (Å²) in [5.74, 6) is 0. The molecule has 0 aromatic heterocycles. The van der Waals surface area contributed by atoms with Crippen LogP contribution in [0.15, 0.2) is 24.3 Å². The van der Waals surface area contributed by atoms with Crippen molar-refractivity contribution in [1.82, 2.24) is 5.32 Å². The topological polar surface area (TPSA) is 21.3 Å². The summed E-state index contributed by atoms with van der Waals surface area (Å²) >= 11 is 0. The number of hydrogen-bond donors (Lipinski definition) is 1. The van der Waals surface area contributed by atoms with E-state index in [4.69, 9.17) is 0 Å². The number of alkyl halides is 6. The van der Waals surface area contributed by atoms with Gasteiger partial charge in [0.05, 0.1) is 6.10 Å². The zero-order chi connectivity index (χ0) is 16.3. The molecule has 0 aliphatic heterocycles. The van der Waals surface area contributed by atoms with E-state index >= 15 is 0 Å². The molecule has 0 amide bonds. The predicted molar refractivity (Wildman–Crippen MR) is 64.8 cm³/mol. The third kappa shape index (κ3) is 4.89. The second-order valence-electron chi connectivity index (χ2n) is 4.50. The van der Waals surface area contributed by atoms with Crippen molar-refractivity contribution in [2.45, 2.75) is 31.5 Å². The quantitative estimate of drug-likeness (QED) is 0.835. The van der Waals surface area contributed by atoms with Crippen LogP contribution in [0.1, 0.15) is 17.2 Å². The molecule has 21 heavy (non-hydrogen) atoms. The molecule has 1 aromatic rings. The molecule has 0 aliphatic carbocycles. The molecule has 1 aromatic carbocycles. The van der Waals surface area contributed by atoms with Crippen molar-refractivity contribution in [2.24, 2.45) is 0 Å². The maximum atomic E-state index is 12.6. The van der Waals surface area contributed by atoms with E-state index in [-0.39, 0.29) is 12.1 Å². The molecule has 2 nitrogen and oxygen atoms in total. The van der Waals surface area contributed by atoms with Crippen LogP contribution in [0.2, 0.25) is 0 Å². The van der Waals surface area contributed by atoms with E-state index < -0.39 is 24.6 Å². The van der Waals surface area contributed by atoms with Crippen LogP contribution in [0.4, 0.5) is 26.3 Å². The van der Waals surface area contributed by atoms with Crippen molar-refractivity contribution < 1.29 is 31.1 Å². The number of ether oxygens (including phenoxy) is 1. The third-order valence-electron chi connectivity index (χ3n) is 2.82. The molecule has 0 saturated heterocycles. The molecular formula is C13H15F6NO. The summed E-state index contributed by atoms with van der Waals surface area (Å²) in [6, 6.07) is 6.21. The first-order valence-electron chi connectivity index (χ1n) is 6.06. The molecule has 1 atom stereocenters. The van der Waals surface area contributed by atoms with Crippen molar-refractivity contribution in [3.63, 3.8) is 0 Å². The fourth-order valence-electron chi connectivity index (χ4n) is 1.87. The molecule has 0 saturated carbocycles. The summed E-state index contributed by atoms with van der Waals surface area (Å²) < 4.78 is 79.8. The number of benzene rings is 1. The highest BCUT2D eigenvalue weighted by Crippen LogP contribution is 2.38. The molecule has 0 heterocycles. The van der Waals surface area contributed by atoms with E-state index in [1.54, 1.807) is 19.1 Å². The van der Waals surface area contributed by atoms with E-state index in [0.29, 0.717) is 5.56 Å². The lowest BCUT2D eigenvalue weighted by Crippen LogP contribution is -2.46. The molecule has 1 rings (SSSR count). The Bertz CT molecular complexity index is 443. The van der Waals surface area contributed by atoms with Crippen molar-refractivity contribution >= 4 is 0 Å². The maximum absolute atomic E-state index is 12.6. The fraction of sp³-hybridized carbons (Fsp3) is 0.538. The lowest BCUT2D eigenvalue weighted by Gasteiger charge is -2.29. The molecular weight excluding hydrogens is 300 g/mol. The lowest BCUT2D eigenvalue weighted by atomic mass is 10.0. The van der Waals surface area contributed by atoms with Gasteiger partial charge >= 0.3 is 12.4 Å². The second kappa shape index (κ2) is 6.65. The Labute approximate surface area is 118 Å². The number of rotatable bonds is 5. The molecule has 0 bridgehead atoms. The molecule has 0 aliphatic rings. The van der Waals surface area contributed by atoms with Gasteiger partial charge in [-0.25, -0.2) is 0 Å².